The summed E-state index contributed by atoms with van der Waals surface area (Å²) in [6, 6.07) is 0.291. The maximum absolute atomic E-state index is 5.99. The lowest BCUT2D eigenvalue weighted by molar-refractivity contribution is 0.630. The molecule has 0 spiro atoms. The average Bonchev–Trinajstić information content (AvgIpc) is 2.09. The predicted molar refractivity (Wildman–Crippen MR) is 68.6 cm³/mol. The Hall–Kier alpha value is -1.52. The van der Waals surface area contributed by atoms with Gasteiger partial charge in [-0.15, -0.1) is 0 Å². The molecule has 90 valence electrons. The molecule has 0 atom stereocenters. The second-order valence-corrected chi connectivity index (χ2v) is 5.16. The summed E-state index contributed by atoms with van der Waals surface area (Å²) in [5.41, 5.74) is 6.48. The van der Waals surface area contributed by atoms with E-state index < -0.39 is 0 Å². The molecule has 0 amide bonds. The first-order valence-electron chi connectivity index (χ1n) is 5.45. The molecule has 0 aliphatic heterocycles. The van der Waals surface area contributed by atoms with E-state index in [0.717, 1.165) is 0 Å². The monoisotopic (exact) mass is 223 g/mol. The molecule has 5 nitrogen and oxygen atoms in total. The highest BCUT2D eigenvalue weighted by Gasteiger charge is 2.15. The van der Waals surface area contributed by atoms with Gasteiger partial charge in [-0.3, -0.25) is 0 Å². The normalized spacial score (nSPS) is 11.6. The number of anilines is 3. The van der Waals surface area contributed by atoms with E-state index in [0.29, 0.717) is 23.4 Å². The molecule has 1 rings (SSSR count). The molecule has 0 aliphatic carbocycles. The lowest BCUT2D eigenvalue weighted by atomic mass is 10.1. The van der Waals surface area contributed by atoms with Crippen LogP contribution >= 0.6 is 0 Å². The maximum atomic E-state index is 5.99. The number of nitrogens with one attached hydrogen (secondary N) is 2. The number of nitrogens with two attached hydrogens (primary N) is 1. The quantitative estimate of drug-likeness (QED) is 0.731. The Morgan fingerprint density at radius 1 is 1.19 bits per heavy atom. The summed E-state index contributed by atoms with van der Waals surface area (Å²) >= 11 is 0. The summed E-state index contributed by atoms with van der Waals surface area (Å²) in [5, 5.41) is 6.43. The molecule has 0 bridgehead atoms. The zero-order chi connectivity index (χ0) is 12.3. The zero-order valence-electron chi connectivity index (χ0n) is 10.6. The van der Waals surface area contributed by atoms with Crippen molar-refractivity contribution >= 4 is 17.3 Å². The molecule has 0 radical (unpaired) electrons. The van der Waals surface area contributed by atoms with Gasteiger partial charge in [0.15, 0.2) is 11.6 Å². The zero-order valence-corrected chi connectivity index (χ0v) is 10.6. The number of nitrogen functional groups attached to an aromatic ring is 1. The summed E-state index contributed by atoms with van der Waals surface area (Å²) in [5.74, 6) is 1.35. The van der Waals surface area contributed by atoms with E-state index >= 15 is 0 Å². The molecule has 1 heterocycles. The maximum Gasteiger partial charge on any atom is 0.155 e. The van der Waals surface area contributed by atoms with Gasteiger partial charge in [-0.2, -0.15) is 0 Å². The minimum absolute atomic E-state index is 0.0719. The Morgan fingerprint density at radius 3 is 2.25 bits per heavy atom. The third kappa shape index (κ3) is 3.56. The van der Waals surface area contributed by atoms with Gasteiger partial charge in [0, 0.05) is 11.6 Å². The molecule has 0 unspecified atom stereocenters. The van der Waals surface area contributed by atoms with Gasteiger partial charge in [-0.25, -0.2) is 9.97 Å². The van der Waals surface area contributed by atoms with Crippen LogP contribution in [0.3, 0.4) is 0 Å². The van der Waals surface area contributed by atoms with Crippen LogP contribution < -0.4 is 16.4 Å². The lowest BCUT2D eigenvalue weighted by Crippen LogP contribution is -2.27. The van der Waals surface area contributed by atoms with E-state index in [9.17, 15) is 0 Å². The van der Waals surface area contributed by atoms with Gasteiger partial charge in [0.05, 0.1) is 0 Å². The van der Waals surface area contributed by atoms with Crippen LogP contribution in [0, 0.1) is 0 Å². The summed E-state index contributed by atoms with van der Waals surface area (Å²) < 4.78 is 0. The van der Waals surface area contributed by atoms with E-state index in [1.54, 1.807) is 0 Å². The SMILES string of the molecule is CC(C)Nc1ncnc(NC(C)(C)C)c1N. The van der Waals surface area contributed by atoms with Crippen molar-refractivity contribution in [3.63, 3.8) is 0 Å². The Balaban J connectivity index is 2.95. The van der Waals surface area contributed by atoms with Crippen LogP contribution in [0.2, 0.25) is 0 Å². The number of hydrogen-bond acceptors (Lipinski definition) is 5. The van der Waals surface area contributed by atoms with Crippen molar-refractivity contribution in [3.05, 3.63) is 6.33 Å². The van der Waals surface area contributed by atoms with Crippen LogP contribution in [-0.4, -0.2) is 21.5 Å². The van der Waals surface area contributed by atoms with Crippen molar-refractivity contribution in [2.24, 2.45) is 0 Å². The van der Waals surface area contributed by atoms with E-state index in [1.165, 1.54) is 6.33 Å². The standard InChI is InChI=1S/C11H21N5/c1-7(2)15-9-8(12)10(14-6-13-9)16-11(3,4)5/h6-7H,12H2,1-5H3,(H2,13,14,15,16). The van der Waals surface area contributed by atoms with Gasteiger partial charge in [0.2, 0.25) is 0 Å². The van der Waals surface area contributed by atoms with Crippen molar-refractivity contribution in [2.75, 3.05) is 16.4 Å². The minimum Gasteiger partial charge on any atom is -0.393 e. The van der Waals surface area contributed by atoms with E-state index in [2.05, 4.69) is 41.4 Å². The van der Waals surface area contributed by atoms with Crippen LogP contribution in [0.25, 0.3) is 0 Å². The Labute approximate surface area is 96.9 Å². The molecular formula is C11H21N5. The van der Waals surface area contributed by atoms with Crippen LogP contribution in [0.15, 0.2) is 6.33 Å². The van der Waals surface area contributed by atoms with E-state index in [-0.39, 0.29) is 5.54 Å². The molecule has 16 heavy (non-hydrogen) atoms. The highest BCUT2D eigenvalue weighted by molar-refractivity contribution is 5.74. The van der Waals surface area contributed by atoms with Gasteiger partial charge in [0.25, 0.3) is 0 Å². The summed E-state index contributed by atoms with van der Waals surface area (Å²) in [6.45, 7) is 10.3. The number of hydrogen-bond donors (Lipinski definition) is 3. The fourth-order valence-electron chi connectivity index (χ4n) is 1.24. The van der Waals surface area contributed by atoms with Gasteiger partial charge in [-0.1, -0.05) is 0 Å². The largest absolute Gasteiger partial charge is 0.393 e. The topological polar surface area (TPSA) is 75.9 Å². The third-order valence-corrected chi connectivity index (χ3v) is 1.80. The van der Waals surface area contributed by atoms with Gasteiger partial charge in [0.1, 0.15) is 12.0 Å². The van der Waals surface area contributed by atoms with Gasteiger partial charge in [-0.05, 0) is 34.6 Å². The van der Waals surface area contributed by atoms with Crippen LogP contribution in [0.5, 0.6) is 0 Å². The highest BCUT2D eigenvalue weighted by Crippen LogP contribution is 2.25. The van der Waals surface area contributed by atoms with Crippen molar-refractivity contribution in [1.82, 2.24) is 9.97 Å². The number of rotatable bonds is 3. The van der Waals surface area contributed by atoms with Crippen molar-refractivity contribution in [1.29, 1.82) is 0 Å². The third-order valence-electron chi connectivity index (χ3n) is 1.80. The predicted octanol–water partition coefficient (Wildman–Crippen LogP) is 2.09. The lowest BCUT2D eigenvalue weighted by Gasteiger charge is -2.23. The molecule has 0 fully saturated rings. The second-order valence-electron chi connectivity index (χ2n) is 5.16. The Bertz CT molecular complexity index is 354. The van der Waals surface area contributed by atoms with Crippen LogP contribution in [0.4, 0.5) is 17.3 Å². The summed E-state index contributed by atoms with van der Waals surface area (Å²) in [6.07, 6.45) is 1.51. The van der Waals surface area contributed by atoms with Gasteiger partial charge >= 0.3 is 0 Å². The average molecular weight is 223 g/mol. The summed E-state index contributed by atoms with van der Waals surface area (Å²) in [4.78, 5) is 8.27. The second kappa shape index (κ2) is 4.55. The Morgan fingerprint density at radius 2 is 1.75 bits per heavy atom. The summed E-state index contributed by atoms with van der Waals surface area (Å²) in [7, 11) is 0. The molecule has 5 heteroatoms. The number of aromatic nitrogens is 2. The van der Waals surface area contributed by atoms with Crippen molar-refractivity contribution < 1.29 is 0 Å². The highest BCUT2D eigenvalue weighted by atomic mass is 15.1. The molecule has 0 aromatic carbocycles. The molecule has 1 aromatic heterocycles. The van der Waals surface area contributed by atoms with Gasteiger partial charge < -0.3 is 16.4 Å². The minimum atomic E-state index is -0.0719. The van der Waals surface area contributed by atoms with Crippen molar-refractivity contribution in [2.45, 2.75) is 46.2 Å². The smallest absolute Gasteiger partial charge is 0.155 e. The Kier molecular flexibility index (Phi) is 3.57. The van der Waals surface area contributed by atoms with Crippen LogP contribution in [-0.2, 0) is 0 Å². The molecule has 0 aliphatic rings. The van der Waals surface area contributed by atoms with Crippen LogP contribution in [0.1, 0.15) is 34.6 Å². The molecular weight excluding hydrogens is 202 g/mol. The molecule has 0 saturated carbocycles. The van der Waals surface area contributed by atoms with E-state index in [1.807, 2.05) is 13.8 Å². The fraction of sp³-hybridized carbons (Fsp3) is 0.636. The molecule has 1 aromatic rings. The first kappa shape index (κ1) is 12.5. The molecule has 0 saturated heterocycles. The first-order chi connectivity index (χ1) is 7.29. The first-order valence-corrected chi connectivity index (χ1v) is 5.45. The molecule has 4 N–H and O–H groups in total. The van der Waals surface area contributed by atoms with Crippen molar-refractivity contribution in [3.8, 4) is 0 Å². The number of nitrogens with zero attached hydrogens (tertiary/aromatic N) is 2. The fourth-order valence-corrected chi connectivity index (χ4v) is 1.24. The van der Waals surface area contributed by atoms with E-state index in [4.69, 9.17) is 5.73 Å².